The fourth-order valence-corrected chi connectivity index (χ4v) is 1.90. The molecule has 0 spiro atoms. The molecule has 96 valence electrons. The first-order valence-electron chi connectivity index (χ1n) is 6.45. The predicted molar refractivity (Wildman–Crippen MR) is 73.3 cm³/mol. The largest absolute Gasteiger partial charge is 0.375 e. The van der Waals surface area contributed by atoms with Crippen LogP contribution in [0.2, 0.25) is 0 Å². The maximum absolute atomic E-state index is 5.67. The van der Waals surface area contributed by atoms with E-state index < -0.39 is 0 Å². The van der Waals surface area contributed by atoms with Crippen molar-refractivity contribution < 1.29 is 4.74 Å². The van der Waals surface area contributed by atoms with Gasteiger partial charge in [-0.3, -0.25) is 0 Å². The summed E-state index contributed by atoms with van der Waals surface area (Å²) in [5.41, 5.74) is 1.29. The van der Waals surface area contributed by atoms with E-state index in [1.165, 1.54) is 5.56 Å². The van der Waals surface area contributed by atoms with Crippen molar-refractivity contribution in [2.24, 2.45) is 0 Å². The molecule has 0 aliphatic rings. The van der Waals surface area contributed by atoms with Crippen LogP contribution in [0.3, 0.4) is 0 Å². The van der Waals surface area contributed by atoms with E-state index >= 15 is 0 Å². The third kappa shape index (κ3) is 5.85. The summed E-state index contributed by atoms with van der Waals surface area (Å²) in [7, 11) is 0. The molecule has 0 aromatic heterocycles. The molecule has 1 unspecified atom stereocenters. The average Bonchev–Trinajstić information content (AvgIpc) is 2.28. The molecule has 0 saturated heterocycles. The van der Waals surface area contributed by atoms with Crippen LogP contribution >= 0.6 is 0 Å². The van der Waals surface area contributed by atoms with Crippen LogP contribution in [0.15, 0.2) is 30.3 Å². The van der Waals surface area contributed by atoms with Gasteiger partial charge in [-0.05, 0) is 39.7 Å². The van der Waals surface area contributed by atoms with Crippen LogP contribution in [0, 0.1) is 0 Å². The zero-order chi connectivity index (χ0) is 12.7. The lowest BCUT2D eigenvalue weighted by Gasteiger charge is -2.27. The number of ether oxygens (including phenoxy) is 1. The SMILES string of the molecule is CCOC(C)(C)CNC(C)Cc1ccccc1. The van der Waals surface area contributed by atoms with Crippen LogP contribution in [-0.4, -0.2) is 24.8 Å². The second kappa shape index (κ2) is 6.77. The third-order valence-corrected chi connectivity index (χ3v) is 2.80. The highest BCUT2D eigenvalue weighted by Crippen LogP contribution is 2.08. The van der Waals surface area contributed by atoms with E-state index in [1.54, 1.807) is 0 Å². The summed E-state index contributed by atoms with van der Waals surface area (Å²) in [4.78, 5) is 0. The Morgan fingerprint density at radius 3 is 2.47 bits per heavy atom. The van der Waals surface area contributed by atoms with Crippen LogP contribution < -0.4 is 5.32 Å². The Kier molecular flexibility index (Phi) is 5.66. The van der Waals surface area contributed by atoms with Gasteiger partial charge in [0.15, 0.2) is 0 Å². The fourth-order valence-electron chi connectivity index (χ4n) is 1.90. The predicted octanol–water partition coefficient (Wildman–Crippen LogP) is 3.02. The summed E-state index contributed by atoms with van der Waals surface area (Å²) in [5.74, 6) is 0. The molecule has 1 aromatic carbocycles. The molecule has 17 heavy (non-hydrogen) atoms. The van der Waals surface area contributed by atoms with E-state index in [9.17, 15) is 0 Å². The second-order valence-electron chi connectivity index (χ2n) is 5.16. The first-order valence-corrected chi connectivity index (χ1v) is 6.45. The maximum Gasteiger partial charge on any atom is 0.0750 e. The Morgan fingerprint density at radius 2 is 1.88 bits per heavy atom. The Bertz CT molecular complexity index is 308. The van der Waals surface area contributed by atoms with Gasteiger partial charge in [0, 0.05) is 19.2 Å². The van der Waals surface area contributed by atoms with Crippen molar-refractivity contribution in [3.8, 4) is 0 Å². The molecule has 2 heteroatoms. The fraction of sp³-hybridized carbons (Fsp3) is 0.600. The summed E-state index contributed by atoms with van der Waals surface area (Å²) in [5, 5.41) is 3.53. The van der Waals surface area contributed by atoms with Gasteiger partial charge in [0.2, 0.25) is 0 Å². The van der Waals surface area contributed by atoms with Crippen molar-refractivity contribution in [2.75, 3.05) is 13.2 Å². The normalized spacial score (nSPS) is 13.6. The van der Waals surface area contributed by atoms with Gasteiger partial charge in [0.25, 0.3) is 0 Å². The Labute approximate surface area is 105 Å². The quantitative estimate of drug-likeness (QED) is 0.784. The molecule has 0 amide bonds. The number of benzene rings is 1. The summed E-state index contributed by atoms with van der Waals surface area (Å²) < 4.78 is 5.67. The molecular formula is C15H25NO. The smallest absolute Gasteiger partial charge is 0.0750 e. The van der Waals surface area contributed by atoms with Gasteiger partial charge in [-0.2, -0.15) is 0 Å². The van der Waals surface area contributed by atoms with Crippen LogP contribution in [0.25, 0.3) is 0 Å². The van der Waals surface area contributed by atoms with Crippen LogP contribution in [0.4, 0.5) is 0 Å². The topological polar surface area (TPSA) is 21.3 Å². The molecule has 0 heterocycles. The molecule has 1 atom stereocenters. The number of rotatable bonds is 7. The zero-order valence-electron chi connectivity index (χ0n) is 11.5. The van der Waals surface area contributed by atoms with Crippen molar-refractivity contribution in [1.29, 1.82) is 0 Å². The van der Waals surface area contributed by atoms with Gasteiger partial charge in [-0.15, -0.1) is 0 Å². The first-order chi connectivity index (χ1) is 8.03. The van der Waals surface area contributed by atoms with Gasteiger partial charge in [0.1, 0.15) is 0 Å². The number of hydrogen-bond acceptors (Lipinski definition) is 2. The minimum absolute atomic E-state index is 0.0836. The summed E-state index contributed by atoms with van der Waals surface area (Å²) in [6.07, 6.45) is 1.06. The molecule has 0 saturated carbocycles. The molecule has 1 aromatic rings. The summed E-state index contributed by atoms with van der Waals surface area (Å²) in [6.45, 7) is 10.2. The van der Waals surface area contributed by atoms with Gasteiger partial charge in [0.05, 0.1) is 5.60 Å². The van der Waals surface area contributed by atoms with E-state index in [2.05, 4.69) is 56.4 Å². The summed E-state index contributed by atoms with van der Waals surface area (Å²) >= 11 is 0. The minimum Gasteiger partial charge on any atom is -0.375 e. The highest BCUT2D eigenvalue weighted by molar-refractivity contribution is 5.15. The van der Waals surface area contributed by atoms with Crippen LogP contribution in [0.5, 0.6) is 0 Å². The van der Waals surface area contributed by atoms with Crippen LogP contribution in [-0.2, 0) is 11.2 Å². The molecule has 1 N–H and O–H groups in total. The molecular weight excluding hydrogens is 210 g/mol. The lowest BCUT2D eigenvalue weighted by molar-refractivity contribution is -0.0102. The molecule has 0 radical (unpaired) electrons. The third-order valence-electron chi connectivity index (χ3n) is 2.80. The first kappa shape index (κ1) is 14.2. The maximum atomic E-state index is 5.67. The Hall–Kier alpha value is -0.860. The number of hydrogen-bond donors (Lipinski definition) is 1. The van der Waals surface area contributed by atoms with E-state index in [0.29, 0.717) is 6.04 Å². The van der Waals surface area contributed by atoms with Crippen LogP contribution in [0.1, 0.15) is 33.3 Å². The molecule has 0 aliphatic heterocycles. The Morgan fingerprint density at radius 1 is 1.24 bits per heavy atom. The molecule has 0 aliphatic carbocycles. The van der Waals surface area contributed by atoms with E-state index in [1.807, 2.05) is 6.92 Å². The lowest BCUT2D eigenvalue weighted by Crippen LogP contribution is -2.42. The monoisotopic (exact) mass is 235 g/mol. The molecule has 1 rings (SSSR count). The van der Waals surface area contributed by atoms with Crippen molar-refractivity contribution in [2.45, 2.75) is 45.8 Å². The average molecular weight is 235 g/mol. The van der Waals surface area contributed by atoms with E-state index in [-0.39, 0.29) is 5.60 Å². The van der Waals surface area contributed by atoms with E-state index in [0.717, 1.165) is 19.6 Å². The summed E-state index contributed by atoms with van der Waals surface area (Å²) in [6, 6.07) is 11.0. The zero-order valence-corrected chi connectivity index (χ0v) is 11.5. The van der Waals surface area contributed by atoms with Crippen molar-refractivity contribution in [3.63, 3.8) is 0 Å². The standard InChI is InChI=1S/C15H25NO/c1-5-17-15(3,4)12-16-13(2)11-14-9-7-6-8-10-14/h6-10,13,16H,5,11-12H2,1-4H3. The molecule has 0 bridgehead atoms. The van der Waals surface area contributed by atoms with Gasteiger partial charge in [-0.25, -0.2) is 0 Å². The van der Waals surface area contributed by atoms with Gasteiger partial charge in [-0.1, -0.05) is 30.3 Å². The molecule has 0 fully saturated rings. The van der Waals surface area contributed by atoms with Crippen molar-refractivity contribution >= 4 is 0 Å². The molecule has 2 nitrogen and oxygen atoms in total. The second-order valence-corrected chi connectivity index (χ2v) is 5.16. The van der Waals surface area contributed by atoms with Crippen molar-refractivity contribution in [3.05, 3.63) is 35.9 Å². The highest BCUT2D eigenvalue weighted by atomic mass is 16.5. The van der Waals surface area contributed by atoms with E-state index in [4.69, 9.17) is 4.74 Å². The van der Waals surface area contributed by atoms with Gasteiger partial charge >= 0.3 is 0 Å². The van der Waals surface area contributed by atoms with Gasteiger partial charge < -0.3 is 10.1 Å². The minimum atomic E-state index is -0.0836. The number of nitrogens with one attached hydrogen (secondary N) is 1. The lowest BCUT2D eigenvalue weighted by atomic mass is 10.1. The highest BCUT2D eigenvalue weighted by Gasteiger charge is 2.18. The Balaban J connectivity index is 2.33. The van der Waals surface area contributed by atoms with Crippen molar-refractivity contribution in [1.82, 2.24) is 5.32 Å².